The van der Waals surface area contributed by atoms with Crippen LogP contribution in [0.3, 0.4) is 0 Å². The van der Waals surface area contributed by atoms with Gasteiger partial charge in [-0.3, -0.25) is 9.59 Å². The Hall–Kier alpha value is -0.880. The van der Waals surface area contributed by atoms with Gasteiger partial charge in [-0.25, -0.2) is 0 Å². The molecule has 4 rings (SSSR count). The van der Waals surface area contributed by atoms with Crippen LogP contribution in [0.1, 0.15) is 12.8 Å². The van der Waals surface area contributed by atoms with E-state index in [4.69, 9.17) is 4.74 Å². The predicted molar refractivity (Wildman–Crippen MR) is 73.3 cm³/mol. The highest BCUT2D eigenvalue weighted by atomic mass is 79.9. The van der Waals surface area contributed by atoms with E-state index in [1.807, 2.05) is 0 Å². The molecule has 4 aliphatic rings. The van der Waals surface area contributed by atoms with Gasteiger partial charge in [0.05, 0.1) is 18.6 Å². The van der Waals surface area contributed by atoms with Crippen LogP contribution in [0.5, 0.6) is 0 Å². The minimum Gasteiger partial charge on any atom is -0.481 e. The van der Waals surface area contributed by atoms with Gasteiger partial charge in [-0.2, -0.15) is 0 Å². The molecule has 0 radical (unpaired) electrons. The van der Waals surface area contributed by atoms with E-state index < -0.39 is 29.5 Å². The molecule has 5 atom stereocenters. The minimum absolute atomic E-state index is 0.183. The molecule has 1 spiro atoms. The monoisotopic (exact) mass is 341 g/mol. The molecule has 1 saturated carbocycles. The van der Waals surface area contributed by atoms with Gasteiger partial charge in [-0.05, 0) is 36.3 Å². The Morgan fingerprint density at radius 2 is 2.35 bits per heavy atom. The second-order valence-electron chi connectivity index (χ2n) is 6.30. The second kappa shape index (κ2) is 4.07. The molecule has 0 aromatic heterocycles. The molecule has 0 unspecified atom stereocenters. The van der Waals surface area contributed by atoms with Gasteiger partial charge >= 0.3 is 5.97 Å². The lowest BCUT2D eigenvalue weighted by Gasteiger charge is -2.27. The number of hydrogen-bond acceptors (Lipinski definition) is 3. The van der Waals surface area contributed by atoms with E-state index in [2.05, 4.69) is 27.3 Å². The maximum atomic E-state index is 12.0. The third kappa shape index (κ3) is 1.52. The Morgan fingerprint density at radius 3 is 2.95 bits per heavy atom. The summed E-state index contributed by atoms with van der Waals surface area (Å²) in [4.78, 5) is 23.6. The van der Waals surface area contributed by atoms with Crippen molar-refractivity contribution in [3.8, 4) is 0 Å². The van der Waals surface area contributed by atoms with Crippen LogP contribution in [0.4, 0.5) is 0 Å². The Morgan fingerprint density at radius 1 is 1.60 bits per heavy atom. The van der Waals surface area contributed by atoms with Gasteiger partial charge in [-0.1, -0.05) is 15.9 Å². The van der Waals surface area contributed by atoms with Crippen LogP contribution in [0.25, 0.3) is 0 Å². The van der Waals surface area contributed by atoms with Crippen LogP contribution in [-0.4, -0.2) is 40.6 Å². The number of halogens is 1. The van der Waals surface area contributed by atoms with Crippen LogP contribution in [0.2, 0.25) is 0 Å². The first kappa shape index (κ1) is 12.8. The van der Waals surface area contributed by atoms with E-state index in [1.165, 1.54) is 12.8 Å². The summed E-state index contributed by atoms with van der Waals surface area (Å²) in [6.45, 7) is 0.403. The number of amides is 1. The fourth-order valence-electron chi connectivity index (χ4n) is 4.12. The van der Waals surface area contributed by atoms with Crippen molar-refractivity contribution in [3.63, 3.8) is 0 Å². The first-order chi connectivity index (χ1) is 9.57. The molecule has 3 heterocycles. The number of alkyl halides is 1. The Labute approximate surface area is 124 Å². The number of carboxylic acids is 1. The molecule has 2 N–H and O–H groups in total. The summed E-state index contributed by atoms with van der Waals surface area (Å²) in [5.74, 6) is -1.43. The van der Waals surface area contributed by atoms with Gasteiger partial charge in [0, 0.05) is 5.33 Å². The van der Waals surface area contributed by atoms with E-state index >= 15 is 0 Å². The van der Waals surface area contributed by atoms with E-state index in [0.717, 1.165) is 10.9 Å². The average molecular weight is 342 g/mol. The summed E-state index contributed by atoms with van der Waals surface area (Å²) in [6.07, 6.45) is 4.04. The normalized spacial score (nSPS) is 43.1. The van der Waals surface area contributed by atoms with Crippen LogP contribution in [0, 0.1) is 23.7 Å². The molecule has 5 nitrogen and oxygen atoms in total. The SMILES string of the molecule is O=C(O)[C@@H]1[C@H]2C(=O)NC[C@@]23C=C([C@@H](CBr)C2CC2)[C@@H]1O3. The minimum atomic E-state index is -0.923. The Balaban J connectivity index is 1.75. The zero-order chi connectivity index (χ0) is 14.1. The molecular formula is C14H16BrNO4. The fraction of sp³-hybridized carbons (Fsp3) is 0.714. The van der Waals surface area contributed by atoms with Crippen molar-refractivity contribution in [1.29, 1.82) is 0 Å². The Bertz CT molecular complexity index is 529. The predicted octanol–water partition coefficient (Wildman–Crippen LogP) is 0.932. The number of fused-ring (bicyclic) bond motifs is 1. The number of hydrogen-bond donors (Lipinski definition) is 2. The molecule has 0 aromatic rings. The van der Waals surface area contributed by atoms with Gasteiger partial charge in [0.25, 0.3) is 0 Å². The number of carboxylic acid groups (broad SMARTS) is 1. The quantitative estimate of drug-likeness (QED) is 0.589. The van der Waals surface area contributed by atoms with Crippen molar-refractivity contribution in [2.75, 3.05) is 11.9 Å². The third-order valence-corrected chi connectivity index (χ3v) is 5.89. The van der Waals surface area contributed by atoms with Crippen LogP contribution in [0.15, 0.2) is 11.6 Å². The highest BCUT2D eigenvalue weighted by Crippen LogP contribution is 2.56. The van der Waals surface area contributed by atoms with Gasteiger partial charge in [0.15, 0.2) is 0 Å². The summed E-state index contributed by atoms with van der Waals surface area (Å²) < 4.78 is 6.02. The Kier molecular flexibility index (Phi) is 2.61. The smallest absolute Gasteiger partial charge is 0.310 e. The van der Waals surface area contributed by atoms with Crippen molar-refractivity contribution in [2.24, 2.45) is 23.7 Å². The topological polar surface area (TPSA) is 75.6 Å². The molecule has 2 bridgehead atoms. The standard InChI is InChI=1S/C14H16BrNO4/c15-4-8(6-1-2-6)7-3-14-5-16-12(17)10(14)9(13(18)19)11(7)20-14/h3,6,8-11H,1-2,4-5H2,(H,16,17)(H,18,19)/t8-,9+,10-,11-,14-/m0/s1. The van der Waals surface area contributed by atoms with Crippen molar-refractivity contribution >= 4 is 27.8 Å². The third-order valence-electron chi connectivity index (χ3n) is 5.19. The van der Waals surface area contributed by atoms with E-state index in [1.54, 1.807) is 0 Å². The molecule has 3 aliphatic heterocycles. The number of nitrogens with one attached hydrogen (secondary N) is 1. The van der Waals surface area contributed by atoms with Crippen LogP contribution < -0.4 is 5.32 Å². The van der Waals surface area contributed by atoms with Gasteiger partial charge < -0.3 is 15.2 Å². The number of carbonyl (C=O) groups excluding carboxylic acids is 1. The lowest BCUT2D eigenvalue weighted by atomic mass is 9.71. The highest BCUT2D eigenvalue weighted by molar-refractivity contribution is 9.09. The van der Waals surface area contributed by atoms with E-state index in [-0.39, 0.29) is 5.91 Å². The number of aliphatic carboxylic acids is 1. The lowest BCUT2D eigenvalue weighted by molar-refractivity contribution is -0.146. The van der Waals surface area contributed by atoms with Crippen molar-refractivity contribution in [2.45, 2.75) is 24.5 Å². The summed E-state index contributed by atoms with van der Waals surface area (Å²) in [6, 6.07) is 0. The van der Waals surface area contributed by atoms with Crippen LogP contribution >= 0.6 is 15.9 Å². The highest BCUT2D eigenvalue weighted by Gasteiger charge is 2.68. The molecule has 0 aromatic carbocycles. The summed E-state index contributed by atoms with van der Waals surface area (Å²) in [7, 11) is 0. The average Bonchev–Trinajstić information content (AvgIpc) is 2.99. The molecule has 1 amide bonds. The summed E-state index contributed by atoms with van der Waals surface area (Å²) in [5, 5.41) is 13.1. The van der Waals surface area contributed by atoms with Gasteiger partial charge in [0.2, 0.25) is 5.91 Å². The first-order valence-corrected chi connectivity index (χ1v) is 8.16. The zero-order valence-electron chi connectivity index (χ0n) is 10.8. The maximum absolute atomic E-state index is 12.0. The van der Waals surface area contributed by atoms with Gasteiger partial charge in [-0.15, -0.1) is 0 Å². The van der Waals surface area contributed by atoms with Crippen LogP contribution in [-0.2, 0) is 14.3 Å². The molecule has 3 fully saturated rings. The van der Waals surface area contributed by atoms with Crippen molar-refractivity contribution in [1.82, 2.24) is 5.32 Å². The molecular weight excluding hydrogens is 326 g/mol. The summed E-state index contributed by atoms with van der Waals surface area (Å²) >= 11 is 3.55. The van der Waals surface area contributed by atoms with Gasteiger partial charge in [0.1, 0.15) is 11.5 Å². The fourth-order valence-corrected chi connectivity index (χ4v) is 5.03. The number of rotatable bonds is 4. The maximum Gasteiger partial charge on any atom is 0.310 e. The zero-order valence-corrected chi connectivity index (χ0v) is 12.4. The van der Waals surface area contributed by atoms with Crippen molar-refractivity contribution in [3.05, 3.63) is 11.6 Å². The lowest BCUT2D eigenvalue weighted by Crippen LogP contribution is -2.41. The van der Waals surface area contributed by atoms with E-state index in [9.17, 15) is 14.7 Å². The summed E-state index contributed by atoms with van der Waals surface area (Å²) in [5.41, 5.74) is 0.389. The molecule has 1 aliphatic carbocycles. The largest absolute Gasteiger partial charge is 0.481 e. The molecule has 20 heavy (non-hydrogen) atoms. The number of carbonyl (C=O) groups is 2. The van der Waals surface area contributed by atoms with E-state index in [0.29, 0.717) is 18.4 Å². The second-order valence-corrected chi connectivity index (χ2v) is 6.94. The van der Waals surface area contributed by atoms with Crippen molar-refractivity contribution < 1.29 is 19.4 Å². The molecule has 2 saturated heterocycles. The molecule has 108 valence electrons. The molecule has 6 heteroatoms. The first-order valence-electron chi connectivity index (χ1n) is 7.04. The number of ether oxygens (including phenoxy) is 1.